The Morgan fingerprint density at radius 2 is 0.540 bits per heavy atom. The Bertz CT molecular complexity index is 6620. The fraction of sp³-hybridized carbons (Fsp3) is 0.0208. The van der Waals surface area contributed by atoms with E-state index in [-0.39, 0.29) is 0 Å². The van der Waals surface area contributed by atoms with Crippen LogP contribution in [0.5, 0.6) is 0 Å². The summed E-state index contributed by atoms with van der Waals surface area (Å²) in [6.07, 6.45) is 1.98. The van der Waals surface area contributed by atoms with Crippen molar-refractivity contribution in [2.75, 3.05) is 0 Å². The third-order valence-corrected chi connectivity index (χ3v) is 22.9. The van der Waals surface area contributed by atoms with Gasteiger partial charge in [0.2, 0.25) is 0 Å². The van der Waals surface area contributed by atoms with Crippen LogP contribution in [0.15, 0.2) is 337 Å². The van der Waals surface area contributed by atoms with Gasteiger partial charge in [-0.1, -0.05) is 267 Å². The van der Waals surface area contributed by atoms with Crippen molar-refractivity contribution in [1.82, 2.24) is 9.97 Å². The van der Waals surface area contributed by atoms with E-state index in [0.717, 1.165) is 132 Å². The summed E-state index contributed by atoms with van der Waals surface area (Å²) in [4.78, 5) is 11.4. The number of furan rings is 2. The molecule has 3 heterocycles. The van der Waals surface area contributed by atoms with Crippen molar-refractivity contribution < 1.29 is 8.83 Å². The third-order valence-electron chi connectivity index (χ3n) is 22.9. The molecule has 23 rings (SSSR count). The molecule has 0 unspecified atom stereocenters. The Morgan fingerprint density at radius 3 is 0.970 bits per heavy atom. The number of fused-ring (bicyclic) bond motifs is 32. The second kappa shape index (κ2) is 19.8. The maximum absolute atomic E-state index is 6.79. The molecule has 460 valence electrons. The Morgan fingerprint density at radius 1 is 0.210 bits per heavy atom. The van der Waals surface area contributed by atoms with Crippen LogP contribution in [-0.4, -0.2) is 9.97 Å². The fourth-order valence-corrected chi connectivity index (χ4v) is 18.8. The third kappa shape index (κ3) is 7.03. The topological polar surface area (TPSA) is 52.1 Å². The number of nitrogens with zero attached hydrogens (tertiary/aromatic N) is 2. The lowest BCUT2D eigenvalue weighted by atomic mass is 9.70. The smallest absolute Gasteiger partial charge is 0.143 e. The van der Waals surface area contributed by atoms with Crippen LogP contribution in [-0.2, 0) is 10.8 Å². The molecule has 0 aliphatic heterocycles. The molecule has 0 bridgehead atoms. The summed E-state index contributed by atoms with van der Waals surface area (Å²) in [5.41, 5.74) is 35.3. The van der Waals surface area contributed by atoms with Crippen LogP contribution in [0.1, 0.15) is 44.5 Å². The minimum Gasteiger partial charge on any atom is -0.455 e. The van der Waals surface area contributed by atoms with Gasteiger partial charge in [0.25, 0.3) is 0 Å². The van der Waals surface area contributed by atoms with Gasteiger partial charge >= 0.3 is 0 Å². The summed E-state index contributed by atoms with van der Waals surface area (Å²) in [7, 11) is 0. The normalized spacial score (nSPS) is 13.8. The lowest BCUT2D eigenvalue weighted by Gasteiger charge is -2.30. The number of hydrogen-bond acceptors (Lipinski definition) is 4. The van der Waals surface area contributed by atoms with Crippen LogP contribution in [0.3, 0.4) is 0 Å². The molecule has 19 aromatic rings. The molecule has 4 aliphatic carbocycles. The number of para-hydroxylation sites is 4. The quantitative estimate of drug-likeness (QED) is 0.161. The molecule has 4 heteroatoms. The molecule has 4 nitrogen and oxygen atoms in total. The van der Waals surface area contributed by atoms with Gasteiger partial charge in [0.05, 0.1) is 33.8 Å². The van der Waals surface area contributed by atoms with Crippen LogP contribution in [0, 0.1) is 0 Å². The molecule has 0 atom stereocenters. The summed E-state index contributed by atoms with van der Waals surface area (Å²) in [5, 5.41) is 8.60. The predicted molar refractivity (Wildman–Crippen MR) is 409 cm³/mol. The molecule has 0 amide bonds. The van der Waals surface area contributed by atoms with Crippen molar-refractivity contribution in [1.29, 1.82) is 0 Å². The molecule has 0 radical (unpaired) electrons. The number of hydrogen-bond donors (Lipinski definition) is 0. The van der Waals surface area contributed by atoms with Crippen molar-refractivity contribution in [2.45, 2.75) is 10.8 Å². The minimum absolute atomic E-state index is 0.475. The first kappa shape index (κ1) is 54.1. The van der Waals surface area contributed by atoms with E-state index in [0.29, 0.717) is 0 Å². The number of benzene rings is 16. The van der Waals surface area contributed by atoms with Gasteiger partial charge in [-0.15, -0.1) is 0 Å². The van der Waals surface area contributed by atoms with E-state index >= 15 is 0 Å². The van der Waals surface area contributed by atoms with Crippen LogP contribution in [0.4, 0.5) is 0 Å². The zero-order valence-corrected chi connectivity index (χ0v) is 53.9. The van der Waals surface area contributed by atoms with Crippen LogP contribution >= 0.6 is 0 Å². The van der Waals surface area contributed by atoms with Gasteiger partial charge in [0.15, 0.2) is 0 Å². The van der Waals surface area contributed by atoms with Gasteiger partial charge in [-0.05, 0) is 188 Å². The molecule has 0 saturated carbocycles. The van der Waals surface area contributed by atoms with Gasteiger partial charge in [-0.2, -0.15) is 0 Å². The summed E-state index contributed by atoms with van der Waals surface area (Å²) in [6.45, 7) is 0. The first-order valence-electron chi connectivity index (χ1n) is 34.6. The van der Waals surface area contributed by atoms with Crippen molar-refractivity contribution >= 4 is 76.5 Å². The Balaban J connectivity index is 0.756. The maximum Gasteiger partial charge on any atom is 0.143 e. The van der Waals surface area contributed by atoms with E-state index in [1.165, 1.54) is 89.0 Å². The Hall–Kier alpha value is -13.0. The summed E-state index contributed by atoms with van der Waals surface area (Å²) in [6, 6.07) is 119. The van der Waals surface area contributed by atoms with E-state index in [1.54, 1.807) is 0 Å². The lowest BCUT2D eigenvalue weighted by Crippen LogP contribution is -2.25. The molecule has 0 fully saturated rings. The predicted octanol–water partition coefficient (Wildman–Crippen LogP) is 24.8. The molecular formula is C96H54N2O2. The van der Waals surface area contributed by atoms with Crippen LogP contribution < -0.4 is 0 Å². The van der Waals surface area contributed by atoms with E-state index < -0.39 is 10.8 Å². The molecule has 0 N–H and O–H groups in total. The van der Waals surface area contributed by atoms with Crippen LogP contribution in [0.2, 0.25) is 0 Å². The summed E-state index contributed by atoms with van der Waals surface area (Å²) < 4.78 is 13.6. The van der Waals surface area contributed by atoms with Gasteiger partial charge in [-0.25, -0.2) is 4.98 Å². The lowest BCUT2D eigenvalue weighted by molar-refractivity contribution is 0.670. The zero-order chi connectivity index (χ0) is 65.1. The molecule has 2 spiro atoms. The Labute approximate surface area is 575 Å². The highest BCUT2D eigenvalue weighted by molar-refractivity contribution is 6.25. The van der Waals surface area contributed by atoms with Gasteiger partial charge < -0.3 is 8.83 Å². The van der Waals surface area contributed by atoms with Crippen molar-refractivity contribution in [2.24, 2.45) is 0 Å². The van der Waals surface area contributed by atoms with Crippen LogP contribution in [0.25, 0.3) is 177 Å². The van der Waals surface area contributed by atoms with Gasteiger partial charge in [-0.3, -0.25) is 4.98 Å². The van der Waals surface area contributed by atoms with Crippen molar-refractivity contribution in [3.05, 3.63) is 372 Å². The molecule has 4 aliphatic rings. The molecular weight excluding hydrogens is 1210 g/mol. The monoisotopic (exact) mass is 1270 g/mol. The summed E-state index contributed by atoms with van der Waals surface area (Å²) >= 11 is 0. The number of rotatable bonds is 5. The minimum atomic E-state index is -0.484. The highest BCUT2D eigenvalue weighted by atomic mass is 16.3. The SMILES string of the molecule is c1ccc2c(c1)-c1ccccc1C21c2ccccc2-c2ccc(-c3ccc4c(c3)c3cc(-c5ccc6c(c5)C5(c7ccccc7-c7ccccc75)c5ccccc5-6)ccc3c3nc(-c5cc(-c6cccc7c6oc6ccccc67)cc(-c6cccc7c6oc6ccccc67)c5)cnc43)cc21. The molecule has 100 heavy (non-hydrogen) atoms. The second-order valence-electron chi connectivity index (χ2n) is 27.6. The average Bonchev–Trinajstić information content (AvgIpc) is 1.51. The van der Waals surface area contributed by atoms with E-state index in [4.69, 9.17) is 18.8 Å². The molecule has 3 aromatic heterocycles. The first-order valence-corrected chi connectivity index (χ1v) is 34.6. The summed E-state index contributed by atoms with van der Waals surface area (Å²) in [5.74, 6) is 0. The van der Waals surface area contributed by atoms with E-state index in [2.05, 4.69) is 309 Å². The number of aromatic nitrogens is 2. The van der Waals surface area contributed by atoms with Crippen molar-refractivity contribution in [3.8, 4) is 100 Å². The maximum atomic E-state index is 6.79. The van der Waals surface area contributed by atoms with E-state index in [9.17, 15) is 0 Å². The zero-order valence-electron chi connectivity index (χ0n) is 53.9. The van der Waals surface area contributed by atoms with Gasteiger partial charge in [0, 0.05) is 49.0 Å². The van der Waals surface area contributed by atoms with E-state index in [1.807, 2.05) is 18.3 Å². The first-order chi connectivity index (χ1) is 49.6. The van der Waals surface area contributed by atoms with Gasteiger partial charge in [0.1, 0.15) is 22.3 Å². The Kier molecular flexibility index (Phi) is 10.7. The fourth-order valence-electron chi connectivity index (χ4n) is 18.8. The highest BCUT2D eigenvalue weighted by Gasteiger charge is 2.53. The molecule has 0 saturated heterocycles. The average molecular weight is 1270 g/mol. The van der Waals surface area contributed by atoms with Crippen molar-refractivity contribution in [3.63, 3.8) is 0 Å². The second-order valence-corrected chi connectivity index (χ2v) is 27.6. The largest absolute Gasteiger partial charge is 0.455 e. The molecule has 16 aromatic carbocycles. The highest BCUT2D eigenvalue weighted by Crippen LogP contribution is 2.65. The standard InChI is InChI=1S/C96H54N2O2/c1-9-31-80-64(19-1)65-20-2-10-32-81(65)95(80)84-35-13-5-23-68(84)70-43-39-57(52-86(70)95)55-41-45-74-78(50-55)79-51-56(58-40-44-71-69-24-6-14-36-85(69)96(87(71)53-58)82-33-11-3-21-66(82)67-22-4-12-34-83(67)96)42-46-75(79)92-91(74)97-54-88(98-92)61-48-59(62-27-17-29-76-72-25-7-15-37-89(72)99-93(62)76)47-60(49-61)63-28-18-30-77-73-26-8-16-38-90(73)100-94(63)77/h1-54H.